The summed E-state index contributed by atoms with van der Waals surface area (Å²) >= 11 is 0. The molecule has 0 aliphatic heterocycles. The summed E-state index contributed by atoms with van der Waals surface area (Å²) in [6.07, 6.45) is 18.0. The minimum Gasteiger partial charge on any atom is -0.0804 e. The topological polar surface area (TPSA) is 0 Å². The molecule has 0 nitrogen and oxygen atoms in total. The fraction of sp³-hybridized carbons (Fsp3) is 0.387. The molecule has 0 N–H and O–H groups in total. The lowest BCUT2D eigenvalue weighted by Gasteiger charge is -2.39. The molecule has 0 radical (unpaired) electrons. The summed E-state index contributed by atoms with van der Waals surface area (Å²) in [5.41, 5.74) is 25.3. The maximum absolute atomic E-state index is 2.63. The van der Waals surface area contributed by atoms with Gasteiger partial charge in [0.2, 0.25) is 0 Å². The summed E-state index contributed by atoms with van der Waals surface area (Å²) in [6.45, 7) is 33.4. The lowest BCUT2D eigenvalue weighted by Crippen LogP contribution is -2.31. The van der Waals surface area contributed by atoms with E-state index in [-0.39, 0.29) is 32.5 Å². The standard InChI is InChI=1S/C62H70/c1-57(2,3)43-28-26-39-30-53-51(49(39)33-43)35-47(59(7,8)9)37-55(53)61(13,41-20-15-16-21-41)45-24-19-25-46(32-45)62(14,42-22-17-18-23-42)56-38-48(60(10,11)12)36-52-50-34-44(58(4,5)6)29-27-40(50)31-54(52)56/h15-20,22,24-29,32-38H,21,23,30-31H2,1-14H3. The summed E-state index contributed by atoms with van der Waals surface area (Å²) in [7, 11) is 0. The van der Waals surface area contributed by atoms with Crippen LogP contribution in [0.3, 0.4) is 0 Å². The molecule has 5 aromatic rings. The van der Waals surface area contributed by atoms with E-state index in [1.807, 2.05) is 0 Å². The van der Waals surface area contributed by atoms with Crippen LogP contribution in [0.4, 0.5) is 0 Å². The third kappa shape index (κ3) is 6.87. The molecule has 2 unspecified atom stereocenters. The normalized spacial score (nSPS) is 17.6. The van der Waals surface area contributed by atoms with E-state index in [0.29, 0.717) is 0 Å². The Balaban J connectivity index is 1.28. The highest BCUT2D eigenvalue weighted by Gasteiger charge is 2.43. The van der Waals surface area contributed by atoms with Crippen molar-refractivity contribution in [3.05, 3.63) is 199 Å². The van der Waals surface area contributed by atoms with Gasteiger partial charge in [0.25, 0.3) is 0 Å². The van der Waals surface area contributed by atoms with Crippen molar-refractivity contribution in [2.24, 2.45) is 0 Å². The van der Waals surface area contributed by atoms with Gasteiger partial charge < -0.3 is 0 Å². The fourth-order valence-electron chi connectivity index (χ4n) is 11.0. The van der Waals surface area contributed by atoms with Crippen LogP contribution >= 0.6 is 0 Å². The molecule has 62 heavy (non-hydrogen) atoms. The van der Waals surface area contributed by atoms with E-state index >= 15 is 0 Å². The molecule has 4 aliphatic carbocycles. The SMILES string of the molecule is CC(C)(C)c1ccc2c(c1)-c1cc(C(C)(C)C)cc(C(C)(C3=CC=CC3)c3cccc(C(C)(C4=CC=CC4)c4cc(C(C)(C)C)cc5c4Cc4ccc(C(C)(C)C)cc4-5)c3)c1C2. The van der Waals surface area contributed by atoms with Crippen molar-refractivity contribution in [2.75, 3.05) is 0 Å². The minimum absolute atomic E-state index is 0.0105. The van der Waals surface area contributed by atoms with Gasteiger partial charge in [-0.3, -0.25) is 0 Å². The van der Waals surface area contributed by atoms with Crippen molar-refractivity contribution < 1.29 is 0 Å². The zero-order valence-electron chi connectivity index (χ0n) is 40.4. The first-order valence-corrected chi connectivity index (χ1v) is 23.5. The van der Waals surface area contributed by atoms with Crippen LogP contribution in [0.5, 0.6) is 0 Å². The lowest BCUT2D eigenvalue weighted by molar-refractivity contribution is 0.581. The van der Waals surface area contributed by atoms with Crippen LogP contribution in [0.25, 0.3) is 22.3 Å². The highest BCUT2D eigenvalue weighted by Crippen LogP contribution is 2.54. The van der Waals surface area contributed by atoms with Crippen LogP contribution in [0.15, 0.2) is 133 Å². The zero-order valence-corrected chi connectivity index (χ0v) is 40.4. The monoisotopic (exact) mass is 815 g/mol. The van der Waals surface area contributed by atoms with Gasteiger partial charge in [-0.05, 0) is 150 Å². The van der Waals surface area contributed by atoms with Crippen LogP contribution in [0.1, 0.15) is 177 Å². The van der Waals surface area contributed by atoms with Crippen molar-refractivity contribution in [1.82, 2.24) is 0 Å². The van der Waals surface area contributed by atoms with E-state index < -0.39 is 0 Å². The third-order valence-electron chi connectivity index (χ3n) is 15.4. The Labute approximate surface area is 375 Å². The Morgan fingerprint density at radius 3 is 1.06 bits per heavy atom. The molecule has 0 bridgehead atoms. The number of hydrogen-bond acceptors (Lipinski definition) is 0. The average Bonchev–Trinajstić information content (AvgIpc) is 4.04. The van der Waals surface area contributed by atoms with Gasteiger partial charge in [0.15, 0.2) is 0 Å². The minimum atomic E-state index is -0.349. The molecule has 0 spiro atoms. The molecule has 5 aromatic carbocycles. The second kappa shape index (κ2) is 14.3. The number of allylic oxidation sites excluding steroid dienone is 8. The van der Waals surface area contributed by atoms with Crippen LogP contribution in [-0.2, 0) is 45.3 Å². The van der Waals surface area contributed by atoms with E-state index in [1.54, 1.807) is 0 Å². The van der Waals surface area contributed by atoms with Gasteiger partial charge >= 0.3 is 0 Å². The Hall–Kier alpha value is -4.94. The van der Waals surface area contributed by atoms with E-state index in [0.717, 1.165) is 25.7 Å². The van der Waals surface area contributed by atoms with E-state index in [4.69, 9.17) is 0 Å². The first kappa shape index (κ1) is 42.4. The van der Waals surface area contributed by atoms with Gasteiger partial charge in [-0.1, -0.05) is 216 Å². The Kier molecular flexibility index (Phi) is 9.76. The van der Waals surface area contributed by atoms with Crippen LogP contribution in [-0.4, -0.2) is 0 Å². The molecule has 0 heterocycles. The molecule has 0 saturated carbocycles. The predicted octanol–water partition coefficient (Wildman–Crippen LogP) is 16.4. The van der Waals surface area contributed by atoms with Crippen molar-refractivity contribution in [3.63, 3.8) is 0 Å². The molecular formula is C62H70. The summed E-state index contributed by atoms with van der Waals surface area (Å²) < 4.78 is 0. The van der Waals surface area contributed by atoms with Crippen LogP contribution < -0.4 is 0 Å². The predicted molar refractivity (Wildman–Crippen MR) is 267 cm³/mol. The molecule has 9 rings (SSSR count). The molecule has 0 heteroatoms. The average molecular weight is 815 g/mol. The summed E-state index contributed by atoms with van der Waals surface area (Å²) in [6, 6.07) is 34.8. The first-order valence-electron chi connectivity index (χ1n) is 23.5. The van der Waals surface area contributed by atoms with Crippen LogP contribution in [0, 0.1) is 0 Å². The smallest absolute Gasteiger partial charge is 0.0392 e. The summed E-state index contributed by atoms with van der Waals surface area (Å²) in [5, 5.41) is 0. The van der Waals surface area contributed by atoms with E-state index in [1.165, 1.54) is 100 Å². The highest BCUT2D eigenvalue weighted by atomic mass is 14.5. The van der Waals surface area contributed by atoms with E-state index in [9.17, 15) is 0 Å². The first-order chi connectivity index (χ1) is 29.0. The maximum atomic E-state index is 2.63. The second-order valence-corrected chi connectivity index (χ2v) is 23.7. The van der Waals surface area contributed by atoms with Crippen molar-refractivity contribution in [2.45, 2.75) is 155 Å². The van der Waals surface area contributed by atoms with Gasteiger partial charge in [0.05, 0.1) is 0 Å². The Bertz CT molecular complexity index is 2590. The summed E-state index contributed by atoms with van der Waals surface area (Å²) in [5.74, 6) is 0. The Morgan fingerprint density at radius 2 is 0.726 bits per heavy atom. The maximum Gasteiger partial charge on any atom is 0.0392 e. The lowest BCUT2D eigenvalue weighted by atomic mass is 9.63. The number of hydrogen-bond donors (Lipinski definition) is 0. The second-order valence-electron chi connectivity index (χ2n) is 23.7. The van der Waals surface area contributed by atoms with Gasteiger partial charge in [-0.25, -0.2) is 0 Å². The van der Waals surface area contributed by atoms with Crippen LogP contribution in [0.2, 0.25) is 0 Å². The van der Waals surface area contributed by atoms with Crippen molar-refractivity contribution in [3.8, 4) is 22.3 Å². The molecule has 0 amide bonds. The van der Waals surface area contributed by atoms with Crippen molar-refractivity contribution in [1.29, 1.82) is 0 Å². The van der Waals surface area contributed by atoms with Gasteiger partial charge in [-0.15, -0.1) is 0 Å². The largest absolute Gasteiger partial charge is 0.0804 e. The molecule has 318 valence electrons. The molecule has 4 aliphatic rings. The molecular weight excluding hydrogens is 745 g/mol. The van der Waals surface area contributed by atoms with E-state index in [2.05, 4.69) is 218 Å². The van der Waals surface area contributed by atoms with Crippen molar-refractivity contribution >= 4 is 0 Å². The molecule has 0 aromatic heterocycles. The highest BCUT2D eigenvalue weighted by molar-refractivity contribution is 5.83. The number of rotatable bonds is 6. The molecule has 0 fully saturated rings. The quantitative estimate of drug-likeness (QED) is 0.157. The number of benzene rings is 5. The Morgan fingerprint density at radius 1 is 0.355 bits per heavy atom. The molecule has 0 saturated heterocycles. The van der Waals surface area contributed by atoms with Gasteiger partial charge in [0.1, 0.15) is 0 Å². The van der Waals surface area contributed by atoms with Gasteiger partial charge in [0, 0.05) is 10.8 Å². The fourth-order valence-corrected chi connectivity index (χ4v) is 11.0. The van der Waals surface area contributed by atoms with Gasteiger partial charge in [-0.2, -0.15) is 0 Å². The molecule has 2 atom stereocenters. The summed E-state index contributed by atoms with van der Waals surface area (Å²) in [4.78, 5) is 0. The zero-order chi connectivity index (χ0) is 44.4. The number of fused-ring (bicyclic) bond motifs is 6. The third-order valence-corrected chi connectivity index (χ3v) is 15.4.